The number of carbonyl (C=O) groups excluding carboxylic acids is 3. The van der Waals surface area contributed by atoms with Crippen molar-refractivity contribution >= 4 is 53.2 Å². The summed E-state index contributed by atoms with van der Waals surface area (Å²) in [6.45, 7) is 7.00. The van der Waals surface area contributed by atoms with E-state index in [1.807, 2.05) is 6.92 Å². The summed E-state index contributed by atoms with van der Waals surface area (Å²) in [5.74, 6) is -4.72. The number of aliphatic hydroxyl groups excluding tert-OH is 1. The Morgan fingerprint density at radius 1 is 0.912 bits per heavy atom. The third-order valence-corrected chi connectivity index (χ3v) is 8.67. The number of pyridine rings is 2. The Bertz CT molecular complexity index is 2010. The van der Waals surface area contributed by atoms with Crippen LogP contribution in [0.5, 0.6) is 5.88 Å². The Labute approximate surface area is 460 Å². The van der Waals surface area contributed by atoms with Gasteiger partial charge in [-0.15, -0.1) is 0 Å². The summed E-state index contributed by atoms with van der Waals surface area (Å²) in [7, 11) is 0. The number of fused-ring (bicyclic) bond motifs is 1. The van der Waals surface area contributed by atoms with E-state index in [1.165, 1.54) is 30.3 Å². The molecule has 0 aliphatic carbocycles. The van der Waals surface area contributed by atoms with E-state index in [2.05, 4.69) is 14.9 Å². The second kappa shape index (κ2) is 26.8. The van der Waals surface area contributed by atoms with Crippen LogP contribution in [0.2, 0.25) is 15.5 Å². The summed E-state index contributed by atoms with van der Waals surface area (Å²) < 4.78 is 70.4. The molecule has 3 heterocycles. The van der Waals surface area contributed by atoms with Crippen molar-refractivity contribution in [1.82, 2.24) is 9.97 Å². The van der Waals surface area contributed by atoms with E-state index in [4.69, 9.17) is 59.1 Å². The summed E-state index contributed by atoms with van der Waals surface area (Å²) in [6.07, 6.45) is -1.65. The van der Waals surface area contributed by atoms with Gasteiger partial charge in [0.25, 0.3) is 6.47 Å². The normalized spacial score (nSPS) is 14.8. The quantitative estimate of drug-likeness (QED) is 0.0608. The molecule has 2 aromatic heterocycles. The number of hydrogen-bond acceptors (Lipinski definition) is 11. The maximum absolute atomic E-state index is 14.2. The number of carbonyl (C=O) groups is 3. The molecule has 4 aromatic rings. The van der Waals surface area contributed by atoms with Gasteiger partial charge in [0.15, 0.2) is 12.2 Å². The first-order valence-electron chi connectivity index (χ1n) is 16.4. The molecule has 0 radical (unpaired) electrons. The number of esters is 2. The molecule has 0 bridgehead atoms. The Hall–Kier alpha value is -0.436. The molecule has 1 aliphatic rings. The summed E-state index contributed by atoms with van der Waals surface area (Å²) in [4.78, 5) is 43.1. The van der Waals surface area contributed by atoms with Gasteiger partial charge in [-0.25, -0.2) is 37.1 Å². The maximum Gasteiger partial charge on any atom is 1.00 e. The zero-order valence-corrected chi connectivity index (χ0v) is 46.4. The Balaban J connectivity index is 0.000000979. The van der Waals surface area contributed by atoms with Crippen LogP contribution in [0.25, 0.3) is 22.3 Å². The number of halogens is 7. The minimum absolute atomic E-state index is 0. The predicted molar refractivity (Wildman–Crippen MR) is 192 cm³/mol. The largest absolute Gasteiger partial charge is 1.00 e. The molecule has 20 heteroatoms. The van der Waals surface area contributed by atoms with Crippen LogP contribution in [0.3, 0.4) is 0 Å². The van der Waals surface area contributed by atoms with Crippen molar-refractivity contribution in [3.05, 3.63) is 98.4 Å². The van der Waals surface area contributed by atoms with Crippen molar-refractivity contribution in [2.24, 2.45) is 11.8 Å². The average molecular weight is 1100 g/mol. The third kappa shape index (κ3) is 15.8. The van der Waals surface area contributed by atoms with E-state index < -0.39 is 53.3 Å². The molecule has 0 saturated carbocycles. The molecular formula is C37H35Cl3Cs2F4N2O9. The van der Waals surface area contributed by atoms with Gasteiger partial charge in [-0.3, -0.25) is 4.79 Å². The molecule has 0 fully saturated rings. The van der Waals surface area contributed by atoms with E-state index in [0.717, 1.165) is 18.2 Å². The van der Waals surface area contributed by atoms with Crippen LogP contribution in [-0.2, 0) is 41.6 Å². The van der Waals surface area contributed by atoms with Gasteiger partial charge in [0.2, 0.25) is 5.88 Å². The molecule has 4 atom stereocenters. The van der Waals surface area contributed by atoms with Crippen molar-refractivity contribution < 1.29 is 201 Å². The smallest absolute Gasteiger partial charge is 1.00 e. The zero-order chi connectivity index (χ0) is 41.0. The van der Waals surface area contributed by atoms with Gasteiger partial charge in [-0.1, -0.05) is 48.7 Å². The first-order valence-corrected chi connectivity index (χ1v) is 17.5. The molecule has 2 aromatic carbocycles. The molecule has 57 heavy (non-hydrogen) atoms. The minimum atomic E-state index is -1.38. The third-order valence-electron chi connectivity index (χ3n) is 7.97. The number of aliphatic hydroxyl groups is 1. The van der Waals surface area contributed by atoms with Gasteiger partial charge in [-0.05, 0) is 85.7 Å². The van der Waals surface area contributed by atoms with Crippen LogP contribution < -0.4 is 148 Å². The summed E-state index contributed by atoms with van der Waals surface area (Å²) in [5, 5.41) is 18.7. The molecule has 1 aliphatic heterocycles. The fourth-order valence-corrected chi connectivity index (χ4v) is 6.17. The fraction of sp³-hybridized carbons (Fsp3) is 0.324. The topological polar surface area (TPSA) is 157 Å². The van der Waals surface area contributed by atoms with Crippen LogP contribution >= 0.6 is 34.8 Å². The molecule has 11 nitrogen and oxygen atoms in total. The number of aromatic nitrogens is 2. The van der Waals surface area contributed by atoms with Gasteiger partial charge >= 0.3 is 150 Å². The molecule has 0 saturated heterocycles. The van der Waals surface area contributed by atoms with Crippen LogP contribution in [0.1, 0.15) is 40.2 Å². The zero-order valence-electron chi connectivity index (χ0n) is 32.6. The minimum Gasteiger partial charge on any atom is -1.00 e. The molecule has 0 amide bonds. The Morgan fingerprint density at radius 3 is 1.93 bits per heavy atom. The standard InChI is InChI=1S/C18H17Cl2F2NO3.C18H16ClF2NO3.CH2O3.2Cs.H/c1-3-26-18(25)16(24)9(2)6-13-12(8-15(19)23-17(13)20)11-5-4-10(21)7-14(11)22;1-3-24-18(23)16-9(2)6-13-12(8-15(19)22-17(13)25-16)11-5-4-10(20)7-14(11)21;2-1-4-3;;;/h4-5,7-9,16,24H,3,6H2,1-2H3;4-5,7-9,16H,3,6H2,1-2H3;1,3H;;;/q;;;2*+1;-1/p-1. The first kappa shape index (κ1) is 54.6. The van der Waals surface area contributed by atoms with Crippen molar-refractivity contribution in [1.29, 1.82) is 0 Å². The van der Waals surface area contributed by atoms with E-state index in [1.54, 1.807) is 20.8 Å². The predicted octanol–water partition coefficient (Wildman–Crippen LogP) is 1.17. The van der Waals surface area contributed by atoms with Crippen molar-refractivity contribution in [3.8, 4) is 28.1 Å². The maximum atomic E-state index is 14.2. The second-order valence-electron chi connectivity index (χ2n) is 11.8. The molecule has 0 spiro atoms. The van der Waals surface area contributed by atoms with Crippen molar-refractivity contribution in [3.63, 3.8) is 0 Å². The van der Waals surface area contributed by atoms with E-state index in [-0.39, 0.29) is 204 Å². The summed E-state index contributed by atoms with van der Waals surface area (Å²) in [6, 6.07) is 9.37. The summed E-state index contributed by atoms with van der Waals surface area (Å²) in [5.41, 5.74) is 2.09. The second-order valence-corrected chi connectivity index (χ2v) is 13.0. The Morgan fingerprint density at radius 2 is 1.42 bits per heavy atom. The first-order chi connectivity index (χ1) is 26.1. The van der Waals surface area contributed by atoms with E-state index in [0.29, 0.717) is 28.7 Å². The summed E-state index contributed by atoms with van der Waals surface area (Å²) >= 11 is 18.1. The van der Waals surface area contributed by atoms with Crippen LogP contribution in [0, 0.1) is 35.1 Å². The molecule has 5 rings (SSSR count). The Kier molecular flexibility index (Phi) is 25.7. The van der Waals surface area contributed by atoms with Gasteiger partial charge in [0.05, 0.1) is 13.2 Å². The van der Waals surface area contributed by atoms with Crippen LogP contribution in [0.15, 0.2) is 48.5 Å². The molecule has 298 valence electrons. The van der Waals surface area contributed by atoms with Gasteiger partial charge in [0, 0.05) is 34.7 Å². The number of rotatable bonds is 10. The van der Waals surface area contributed by atoms with Crippen LogP contribution in [0.4, 0.5) is 17.6 Å². The van der Waals surface area contributed by atoms with E-state index in [9.17, 15) is 32.3 Å². The number of ether oxygens (including phenoxy) is 3. The molecule has 4 unspecified atom stereocenters. The van der Waals surface area contributed by atoms with Crippen molar-refractivity contribution in [2.75, 3.05) is 13.2 Å². The average Bonchev–Trinajstić information content (AvgIpc) is 3.12. The molecular weight excluding hydrogens is 1060 g/mol. The number of benzene rings is 2. The fourth-order valence-electron chi connectivity index (χ4n) is 5.48. The van der Waals surface area contributed by atoms with Gasteiger partial charge in [0.1, 0.15) is 38.7 Å². The number of nitrogens with zero attached hydrogens (tertiary/aromatic N) is 2. The number of hydrogen-bond donors (Lipinski definition) is 1. The van der Waals surface area contributed by atoms with Gasteiger partial charge in [-0.2, -0.15) is 0 Å². The monoisotopic (exact) mass is 1100 g/mol. The van der Waals surface area contributed by atoms with Crippen molar-refractivity contribution in [2.45, 2.75) is 52.7 Å². The van der Waals surface area contributed by atoms with Crippen LogP contribution in [-0.4, -0.2) is 58.9 Å². The van der Waals surface area contributed by atoms with Gasteiger partial charge < -0.3 is 30.9 Å². The molecule has 1 N–H and O–H groups in total. The SMILES string of the molecule is CCOC(=O)C(O)C(C)Cc1c(-c2ccc(F)cc2F)cc(Cl)nc1Cl.CCOC(=O)C1Oc2nc(Cl)cc(-c3ccc(F)cc3F)c2CC1C.O=CO[O-].[Cs+].[Cs+].[H-]. The van der Waals surface area contributed by atoms with E-state index >= 15 is 0 Å².